The predicted molar refractivity (Wildman–Crippen MR) is 99.5 cm³/mol. The van der Waals surface area contributed by atoms with E-state index in [0.29, 0.717) is 19.8 Å². The molecule has 0 aliphatic carbocycles. The summed E-state index contributed by atoms with van der Waals surface area (Å²) in [4.78, 5) is 16.8. The lowest BCUT2D eigenvalue weighted by molar-refractivity contribution is -0.121. The fourth-order valence-corrected chi connectivity index (χ4v) is 3.42. The van der Waals surface area contributed by atoms with Crippen LogP contribution < -0.4 is 14.8 Å². The van der Waals surface area contributed by atoms with Crippen molar-refractivity contribution < 1.29 is 18.7 Å². The summed E-state index contributed by atoms with van der Waals surface area (Å²) >= 11 is 0. The van der Waals surface area contributed by atoms with Crippen LogP contribution >= 0.6 is 0 Å². The van der Waals surface area contributed by atoms with Gasteiger partial charge in [-0.3, -0.25) is 9.69 Å². The molecular weight excluding hydrogens is 346 g/mol. The number of nitrogens with one attached hydrogen (secondary N) is 1. The number of fused-ring (bicyclic) bond motifs is 1. The maximum atomic E-state index is 12.0. The number of carbonyl (C=O) groups is 1. The van der Waals surface area contributed by atoms with E-state index in [1.165, 1.54) is 5.56 Å². The fraction of sp³-hybridized carbons (Fsp3) is 0.450. The van der Waals surface area contributed by atoms with E-state index >= 15 is 0 Å². The Kier molecular flexibility index (Phi) is 5.60. The summed E-state index contributed by atoms with van der Waals surface area (Å²) in [6.07, 6.45) is 2.13. The Hall–Kier alpha value is -2.51. The van der Waals surface area contributed by atoms with E-state index in [0.717, 1.165) is 56.5 Å². The van der Waals surface area contributed by atoms with E-state index in [-0.39, 0.29) is 5.91 Å². The van der Waals surface area contributed by atoms with Gasteiger partial charge in [0.2, 0.25) is 12.7 Å². The van der Waals surface area contributed by atoms with Crippen LogP contribution in [0.1, 0.15) is 17.7 Å². The summed E-state index contributed by atoms with van der Waals surface area (Å²) in [5, 5.41) is 2.89. The SMILES string of the molecule is O=C(CCN1CCN(Cc2ccc3c(c2)OCO3)CC1)NCc1ccco1. The maximum Gasteiger partial charge on any atom is 0.231 e. The number of hydrogen-bond acceptors (Lipinski definition) is 6. The van der Waals surface area contributed by atoms with E-state index in [1.807, 2.05) is 18.2 Å². The molecule has 2 aromatic rings. The number of benzene rings is 1. The molecule has 0 unspecified atom stereocenters. The number of hydrogen-bond donors (Lipinski definition) is 1. The van der Waals surface area contributed by atoms with Gasteiger partial charge in [-0.25, -0.2) is 0 Å². The summed E-state index contributed by atoms with van der Waals surface area (Å²) in [5.41, 5.74) is 1.24. The highest BCUT2D eigenvalue weighted by Crippen LogP contribution is 2.32. The third kappa shape index (κ3) is 4.81. The maximum absolute atomic E-state index is 12.0. The van der Waals surface area contributed by atoms with Gasteiger partial charge in [-0.2, -0.15) is 0 Å². The molecule has 1 aromatic heterocycles. The van der Waals surface area contributed by atoms with Crippen molar-refractivity contribution in [1.82, 2.24) is 15.1 Å². The standard InChI is InChI=1S/C20H25N3O4/c24-20(21-13-17-2-1-11-25-17)5-6-22-7-9-23(10-8-22)14-16-3-4-18-19(12-16)27-15-26-18/h1-4,11-12H,5-10,13-15H2,(H,21,24). The van der Waals surface area contributed by atoms with Gasteiger partial charge in [0.25, 0.3) is 0 Å². The monoisotopic (exact) mass is 371 g/mol. The molecule has 4 rings (SSSR count). The molecule has 1 saturated heterocycles. The zero-order chi connectivity index (χ0) is 18.5. The Morgan fingerprint density at radius 2 is 1.85 bits per heavy atom. The van der Waals surface area contributed by atoms with E-state index < -0.39 is 0 Å². The summed E-state index contributed by atoms with van der Waals surface area (Å²) in [6.45, 7) is 6.44. The van der Waals surface area contributed by atoms with Crippen molar-refractivity contribution in [2.75, 3.05) is 39.5 Å². The summed E-state index contributed by atoms with van der Waals surface area (Å²) in [6, 6.07) is 9.83. The van der Waals surface area contributed by atoms with Gasteiger partial charge in [-0.1, -0.05) is 6.07 Å². The first-order valence-corrected chi connectivity index (χ1v) is 9.38. The van der Waals surface area contributed by atoms with Gasteiger partial charge in [-0.15, -0.1) is 0 Å². The van der Waals surface area contributed by atoms with Crippen LogP contribution in [-0.2, 0) is 17.9 Å². The van der Waals surface area contributed by atoms with Gasteiger partial charge >= 0.3 is 0 Å². The molecule has 7 nitrogen and oxygen atoms in total. The van der Waals surface area contributed by atoms with Gasteiger partial charge in [0.05, 0.1) is 12.8 Å². The van der Waals surface area contributed by atoms with Crippen molar-refractivity contribution >= 4 is 5.91 Å². The Labute approximate surface area is 158 Å². The number of piperazine rings is 1. The number of carbonyl (C=O) groups excluding carboxylic acids is 1. The van der Waals surface area contributed by atoms with Crippen LogP contribution in [0.5, 0.6) is 11.5 Å². The zero-order valence-electron chi connectivity index (χ0n) is 15.4. The highest BCUT2D eigenvalue weighted by Gasteiger charge is 2.19. The first-order valence-electron chi connectivity index (χ1n) is 9.38. The topological polar surface area (TPSA) is 67.2 Å². The Bertz CT molecular complexity index is 755. The van der Waals surface area contributed by atoms with Crippen LogP contribution in [0.15, 0.2) is 41.0 Å². The first-order chi connectivity index (χ1) is 13.3. The van der Waals surface area contributed by atoms with Crippen molar-refractivity contribution in [3.8, 4) is 11.5 Å². The predicted octanol–water partition coefficient (Wildman–Crippen LogP) is 1.83. The highest BCUT2D eigenvalue weighted by atomic mass is 16.7. The van der Waals surface area contributed by atoms with Crippen molar-refractivity contribution in [3.63, 3.8) is 0 Å². The van der Waals surface area contributed by atoms with E-state index in [9.17, 15) is 4.79 Å². The smallest absolute Gasteiger partial charge is 0.231 e. The van der Waals surface area contributed by atoms with Gasteiger partial charge < -0.3 is 24.1 Å². The van der Waals surface area contributed by atoms with Crippen molar-refractivity contribution in [2.24, 2.45) is 0 Å². The van der Waals surface area contributed by atoms with Crippen LogP contribution in [0.25, 0.3) is 0 Å². The second-order valence-corrected chi connectivity index (χ2v) is 6.91. The minimum absolute atomic E-state index is 0.0641. The average molecular weight is 371 g/mol. The van der Waals surface area contributed by atoms with Crippen LogP contribution in [-0.4, -0.2) is 55.2 Å². The molecule has 1 amide bonds. The second kappa shape index (κ2) is 8.45. The number of ether oxygens (including phenoxy) is 2. The number of amides is 1. The molecule has 0 atom stereocenters. The highest BCUT2D eigenvalue weighted by molar-refractivity contribution is 5.75. The third-order valence-electron chi connectivity index (χ3n) is 5.00. The third-order valence-corrected chi connectivity index (χ3v) is 5.00. The van der Waals surface area contributed by atoms with Crippen LogP contribution in [0, 0.1) is 0 Å². The molecule has 0 saturated carbocycles. The Morgan fingerprint density at radius 3 is 2.67 bits per heavy atom. The lowest BCUT2D eigenvalue weighted by Gasteiger charge is -2.34. The summed E-state index contributed by atoms with van der Waals surface area (Å²) < 4.78 is 16.0. The van der Waals surface area contributed by atoms with E-state index in [4.69, 9.17) is 13.9 Å². The summed E-state index contributed by atoms with van der Waals surface area (Å²) in [5.74, 6) is 2.51. The van der Waals surface area contributed by atoms with Crippen molar-refractivity contribution in [2.45, 2.75) is 19.5 Å². The Morgan fingerprint density at radius 1 is 1.04 bits per heavy atom. The molecule has 1 fully saturated rings. The molecule has 7 heteroatoms. The first kappa shape index (κ1) is 17.9. The summed E-state index contributed by atoms with van der Waals surface area (Å²) in [7, 11) is 0. The number of rotatable bonds is 7. The largest absolute Gasteiger partial charge is 0.467 e. The van der Waals surface area contributed by atoms with Crippen molar-refractivity contribution in [1.29, 1.82) is 0 Å². The molecule has 27 heavy (non-hydrogen) atoms. The molecule has 2 aliphatic heterocycles. The molecule has 1 N–H and O–H groups in total. The van der Waals surface area contributed by atoms with Crippen LogP contribution in [0.2, 0.25) is 0 Å². The van der Waals surface area contributed by atoms with E-state index in [1.54, 1.807) is 6.26 Å². The molecule has 144 valence electrons. The fourth-order valence-electron chi connectivity index (χ4n) is 3.42. The average Bonchev–Trinajstić information content (AvgIpc) is 3.37. The lowest BCUT2D eigenvalue weighted by Crippen LogP contribution is -2.46. The normalized spacial score (nSPS) is 17.2. The molecular formula is C20H25N3O4. The van der Waals surface area contributed by atoms with Gasteiger partial charge in [0.15, 0.2) is 11.5 Å². The molecule has 0 bridgehead atoms. The minimum Gasteiger partial charge on any atom is -0.467 e. The van der Waals surface area contributed by atoms with Gasteiger partial charge in [-0.05, 0) is 29.8 Å². The minimum atomic E-state index is 0.0641. The molecule has 0 spiro atoms. The Balaban J connectivity index is 1.15. The number of furan rings is 1. The van der Waals surface area contributed by atoms with Crippen molar-refractivity contribution in [3.05, 3.63) is 47.9 Å². The van der Waals surface area contributed by atoms with Crippen LogP contribution in [0.4, 0.5) is 0 Å². The zero-order valence-corrected chi connectivity index (χ0v) is 15.4. The number of nitrogens with zero attached hydrogens (tertiary/aromatic N) is 2. The van der Waals surface area contributed by atoms with Crippen LogP contribution in [0.3, 0.4) is 0 Å². The van der Waals surface area contributed by atoms with E-state index in [2.05, 4.69) is 27.2 Å². The van der Waals surface area contributed by atoms with Gasteiger partial charge in [0, 0.05) is 45.7 Å². The quantitative estimate of drug-likeness (QED) is 0.801. The van der Waals surface area contributed by atoms with Gasteiger partial charge in [0.1, 0.15) is 5.76 Å². The molecule has 3 heterocycles. The molecule has 0 radical (unpaired) electrons. The molecule has 2 aliphatic rings. The molecule has 1 aromatic carbocycles. The second-order valence-electron chi connectivity index (χ2n) is 6.91. The lowest BCUT2D eigenvalue weighted by atomic mass is 10.1.